The quantitative estimate of drug-likeness (QED) is 0.902. The molecule has 0 radical (unpaired) electrons. The van der Waals surface area contributed by atoms with Gasteiger partial charge >= 0.3 is 0 Å². The lowest BCUT2D eigenvalue weighted by Crippen LogP contribution is -2.18. The van der Waals surface area contributed by atoms with Gasteiger partial charge in [0.05, 0.1) is 28.3 Å². The Labute approximate surface area is 111 Å². The van der Waals surface area contributed by atoms with Crippen molar-refractivity contribution in [1.82, 2.24) is 15.3 Å². The third-order valence-corrected chi connectivity index (χ3v) is 3.60. The summed E-state index contributed by atoms with van der Waals surface area (Å²) < 4.78 is 5.74. The molecular weight excluding hydrogens is 246 g/mol. The molecule has 0 aliphatic heterocycles. The number of rotatable bonds is 5. The molecule has 0 amide bonds. The third kappa shape index (κ3) is 3.17. The number of thiazole rings is 1. The van der Waals surface area contributed by atoms with Crippen LogP contribution in [-0.2, 0) is 6.54 Å². The van der Waals surface area contributed by atoms with Crippen LogP contribution in [0.5, 0.6) is 0 Å². The van der Waals surface area contributed by atoms with Crippen LogP contribution in [0.1, 0.15) is 30.4 Å². The van der Waals surface area contributed by atoms with Gasteiger partial charge in [-0.15, -0.1) is 11.3 Å². The van der Waals surface area contributed by atoms with Crippen LogP contribution < -0.4 is 5.32 Å². The van der Waals surface area contributed by atoms with Crippen molar-refractivity contribution in [2.75, 3.05) is 6.54 Å². The molecule has 0 aliphatic carbocycles. The highest BCUT2D eigenvalue weighted by atomic mass is 32.1. The minimum Gasteiger partial charge on any atom is -0.438 e. The number of aryl methyl sites for hydroxylation is 2. The fourth-order valence-corrected chi connectivity index (χ4v) is 2.59. The summed E-state index contributed by atoms with van der Waals surface area (Å²) in [5.74, 6) is 2.18. The zero-order valence-electron chi connectivity index (χ0n) is 11.3. The van der Waals surface area contributed by atoms with E-state index in [0.717, 1.165) is 33.8 Å². The summed E-state index contributed by atoms with van der Waals surface area (Å²) in [4.78, 5) is 9.77. The molecule has 0 saturated heterocycles. The highest BCUT2D eigenvalue weighted by Crippen LogP contribution is 2.29. The molecule has 2 heterocycles. The van der Waals surface area contributed by atoms with Crippen LogP contribution in [-0.4, -0.2) is 16.5 Å². The van der Waals surface area contributed by atoms with Gasteiger partial charge < -0.3 is 9.73 Å². The molecule has 2 rings (SSSR count). The summed E-state index contributed by atoms with van der Waals surface area (Å²) in [6.07, 6.45) is 1.78. The number of hydrogen-bond donors (Lipinski definition) is 1. The Balaban J connectivity index is 2.04. The van der Waals surface area contributed by atoms with E-state index in [4.69, 9.17) is 4.42 Å². The SMILES string of the molecule is Cc1nc(C)c(-c2cnc(CNCC(C)C)o2)s1. The predicted octanol–water partition coefficient (Wildman–Crippen LogP) is 3.16. The largest absolute Gasteiger partial charge is 0.438 e. The van der Waals surface area contributed by atoms with E-state index in [0.29, 0.717) is 12.5 Å². The normalized spacial score (nSPS) is 11.4. The maximum atomic E-state index is 5.74. The summed E-state index contributed by atoms with van der Waals surface area (Å²) in [6.45, 7) is 10.0. The van der Waals surface area contributed by atoms with Crippen molar-refractivity contribution in [1.29, 1.82) is 0 Å². The summed E-state index contributed by atoms with van der Waals surface area (Å²) in [5, 5.41) is 4.37. The molecule has 1 N–H and O–H groups in total. The van der Waals surface area contributed by atoms with E-state index < -0.39 is 0 Å². The van der Waals surface area contributed by atoms with Crippen LogP contribution >= 0.6 is 11.3 Å². The van der Waals surface area contributed by atoms with Gasteiger partial charge in [0.15, 0.2) is 5.76 Å². The van der Waals surface area contributed by atoms with Crippen molar-refractivity contribution in [2.24, 2.45) is 5.92 Å². The van der Waals surface area contributed by atoms with Crippen molar-refractivity contribution in [3.63, 3.8) is 0 Å². The predicted molar refractivity (Wildman–Crippen MR) is 73.6 cm³/mol. The van der Waals surface area contributed by atoms with Gasteiger partial charge in [-0.3, -0.25) is 0 Å². The van der Waals surface area contributed by atoms with E-state index in [-0.39, 0.29) is 0 Å². The van der Waals surface area contributed by atoms with Crippen molar-refractivity contribution >= 4 is 11.3 Å². The lowest BCUT2D eigenvalue weighted by molar-refractivity contribution is 0.459. The minimum atomic E-state index is 0.630. The molecule has 0 unspecified atom stereocenters. The summed E-state index contributed by atoms with van der Waals surface area (Å²) in [7, 11) is 0. The average molecular weight is 265 g/mol. The van der Waals surface area contributed by atoms with E-state index in [9.17, 15) is 0 Å². The first-order valence-corrected chi connectivity index (χ1v) is 6.97. The number of nitrogens with zero attached hydrogens (tertiary/aromatic N) is 2. The van der Waals surface area contributed by atoms with E-state index >= 15 is 0 Å². The van der Waals surface area contributed by atoms with Gasteiger partial charge in [0, 0.05) is 0 Å². The van der Waals surface area contributed by atoms with Crippen LogP contribution in [0, 0.1) is 19.8 Å². The van der Waals surface area contributed by atoms with Crippen molar-refractivity contribution in [3.8, 4) is 10.6 Å². The molecule has 0 bridgehead atoms. The molecule has 0 spiro atoms. The van der Waals surface area contributed by atoms with Gasteiger partial charge in [-0.2, -0.15) is 0 Å². The van der Waals surface area contributed by atoms with Crippen molar-refractivity contribution < 1.29 is 4.42 Å². The number of hydrogen-bond acceptors (Lipinski definition) is 5. The van der Waals surface area contributed by atoms with Gasteiger partial charge in [-0.05, 0) is 26.3 Å². The Hall–Kier alpha value is -1.20. The molecule has 5 heteroatoms. The number of aromatic nitrogens is 2. The van der Waals surface area contributed by atoms with Gasteiger partial charge in [0.25, 0.3) is 0 Å². The summed E-state index contributed by atoms with van der Waals surface area (Å²) in [6, 6.07) is 0. The standard InChI is InChI=1S/C13H19N3OS/c1-8(2)5-14-7-12-15-6-11(17-12)13-9(3)16-10(4)18-13/h6,8,14H,5,7H2,1-4H3. The molecule has 0 aliphatic rings. The zero-order chi connectivity index (χ0) is 13.1. The molecule has 4 nitrogen and oxygen atoms in total. The first kappa shape index (κ1) is 13.2. The van der Waals surface area contributed by atoms with Gasteiger partial charge in [-0.1, -0.05) is 13.8 Å². The molecule has 2 aromatic rings. The second-order valence-electron chi connectivity index (χ2n) is 4.79. The Morgan fingerprint density at radius 1 is 1.39 bits per heavy atom. The van der Waals surface area contributed by atoms with E-state index in [1.807, 2.05) is 13.8 Å². The summed E-state index contributed by atoms with van der Waals surface area (Å²) >= 11 is 1.64. The van der Waals surface area contributed by atoms with Crippen LogP contribution in [0.2, 0.25) is 0 Å². The first-order chi connectivity index (χ1) is 8.56. The first-order valence-electron chi connectivity index (χ1n) is 6.16. The van der Waals surface area contributed by atoms with Crippen molar-refractivity contribution in [2.45, 2.75) is 34.2 Å². The maximum absolute atomic E-state index is 5.74. The van der Waals surface area contributed by atoms with E-state index in [1.54, 1.807) is 17.5 Å². The van der Waals surface area contributed by atoms with Gasteiger partial charge in [-0.25, -0.2) is 9.97 Å². The minimum absolute atomic E-state index is 0.630. The van der Waals surface area contributed by atoms with E-state index in [2.05, 4.69) is 29.1 Å². The highest BCUT2D eigenvalue weighted by Gasteiger charge is 2.12. The van der Waals surface area contributed by atoms with Gasteiger partial charge in [0.1, 0.15) is 0 Å². The number of nitrogens with one attached hydrogen (secondary N) is 1. The monoisotopic (exact) mass is 265 g/mol. The number of oxazole rings is 1. The summed E-state index contributed by atoms with van der Waals surface area (Å²) in [5.41, 5.74) is 1.01. The molecule has 0 aromatic carbocycles. The highest BCUT2D eigenvalue weighted by molar-refractivity contribution is 7.15. The molecule has 0 fully saturated rings. The van der Waals surface area contributed by atoms with Crippen LogP contribution in [0.15, 0.2) is 10.6 Å². The second kappa shape index (κ2) is 5.63. The van der Waals surface area contributed by atoms with Crippen LogP contribution in [0.4, 0.5) is 0 Å². The second-order valence-corrected chi connectivity index (χ2v) is 5.99. The molecule has 18 heavy (non-hydrogen) atoms. The van der Waals surface area contributed by atoms with Gasteiger partial charge in [0.2, 0.25) is 5.89 Å². The Kier molecular flexibility index (Phi) is 4.14. The lowest BCUT2D eigenvalue weighted by Gasteiger charge is -2.04. The van der Waals surface area contributed by atoms with Crippen LogP contribution in [0.3, 0.4) is 0 Å². The smallest absolute Gasteiger partial charge is 0.208 e. The Bertz CT molecular complexity index is 516. The Morgan fingerprint density at radius 2 is 2.17 bits per heavy atom. The molecule has 98 valence electrons. The molecule has 0 atom stereocenters. The molecular formula is C13H19N3OS. The topological polar surface area (TPSA) is 51.0 Å². The van der Waals surface area contributed by atoms with Crippen LogP contribution in [0.25, 0.3) is 10.6 Å². The maximum Gasteiger partial charge on any atom is 0.208 e. The van der Waals surface area contributed by atoms with E-state index in [1.165, 1.54) is 0 Å². The molecule has 0 saturated carbocycles. The zero-order valence-corrected chi connectivity index (χ0v) is 12.1. The van der Waals surface area contributed by atoms with Crippen molar-refractivity contribution in [3.05, 3.63) is 22.8 Å². The third-order valence-electron chi connectivity index (χ3n) is 2.51. The lowest BCUT2D eigenvalue weighted by atomic mass is 10.2. The fraction of sp³-hybridized carbons (Fsp3) is 0.538. The fourth-order valence-electron chi connectivity index (χ4n) is 1.72. The molecule has 2 aromatic heterocycles. The average Bonchev–Trinajstić information content (AvgIpc) is 2.85. The Morgan fingerprint density at radius 3 is 2.78 bits per heavy atom.